The Labute approximate surface area is 90.1 Å². The molecule has 14 heavy (non-hydrogen) atoms. The highest BCUT2D eigenvalue weighted by Crippen LogP contribution is 2.18. The lowest BCUT2D eigenvalue weighted by Gasteiger charge is -2.21. The molecule has 1 aromatic carbocycles. The summed E-state index contributed by atoms with van der Waals surface area (Å²) in [6.45, 7) is 6.03. The minimum absolute atomic E-state index is 0.176. The maximum Gasteiger partial charge on any atom is 0.120 e. The molecule has 3 heteroatoms. The van der Waals surface area contributed by atoms with E-state index in [2.05, 4.69) is 0 Å². The third-order valence-electron chi connectivity index (χ3n) is 1.56. The van der Waals surface area contributed by atoms with Crippen molar-refractivity contribution in [1.82, 2.24) is 0 Å². The summed E-state index contributed by atoms with van der Waals surface area (Å²) in [5, 5.41) is 0. The molecule has 0 aromatic heterocycles. The third-order valence-corrected chi connectivity index (χ3v) is 1.80. The van der Waals surface area contributed by atoms with Gasteiger partial charge >= 0.3 is 0 Å². The van der Waals surface area contributed by atoms with Gasteiger partial charge in [-0.25, -0.2) is 0 Å². The van der Waals surface area contributed by atoms with E-state index in [9.17, 15) is 0 Å². The smallest absolute Gasteiger partial charge is 0.120 e. The van der Waals surface area contributed by atoms with E-state index in [1.165, 1.54) is 0 Å². The van der Waals surface area contributed by atoms with E-state index in [0.29, 0.717) is 4.99 Å². The molecule has 0 heterocycles. The number of rotatable bonds is 2. The fourth-order valence-electron chi connectivity index (χ4n) is 1.04. The Morgan fingerprint density at radius 3 is 2.07 bits per heavy atom. The molecule has 0 bridgehead atoms. The molecule has 0 unspecified atom stereocenters. The third kappa shape index (κ3) is 3.34. The molecule has 1 rings (SSSR count). The van der Waals surface area contributed by atoms with Gasteiger partial charge in [0.05, 0.1) is 0 Å². The van der Waals surface area contributed by atoms with Crippen LogP contribution in [0.15, 0.2) is 24.3 Å². The Hall–Kier alpha value is -1.09. The Morgan fingerprint density at radius 1 is 1.21 bits per heavy atom. The van der Waals surface area contributed by atoms with Gasteiger partial charge in [-0.3, -0.25) is 0 Å². The van der Waals surface area contributed by atoms with Crippen molar-refractivity contribution in [2.75, 3.05) is 0 Å². The summed E-state index contributed by atoms with van der Waals surface area (Å²) < 4.78 is 5.65. The van der Waals surface area contributed by atoms with E-state index in [0.717, 1.165) is 11.3 Å². The van der Waals surface area contributed by atoms with Crippen LogP contribution >= 0.6 is 12.2 Å². The van der Waals surface area contributed by atoms with Gasteiger partial charge in [0.25, 0.3) is 0 Å². The molecule has 0 fully saturated rings. The lowest BCUT2D eigenvalue weighted by atomic mass is 10.2. The predicted octanol–water partition coefficient (Wildman–Crippen LogP) is 2.50. The number of thiocarbonyl (C=S) groups is 1. The Balaban J connectivity index is 2.79. The van der Waals surface area contributed by atoms with Crippen molar-refractivity contribution in [2.45, 2.75) is 26.4 Å². The standard InChI is InChI=1S/C11H15NOS/c1-11(2,3)13-9-6-4-8(5-7-9)10(12)14/h4-7H,1-3H3,(H2,12,14). The van der Waals surface area contributed by atoms with Crippen LogP contribution in [0.1, 0.15) is 26.3 Å². The normalized spacial score (nSPS) is 11.1. The second-order valence-corrected chi connectivity index (χ2v) is 4.54. The van der Waals surface area contributed by atoms with Gasteiger partial charge in [0.2, 0.25) is 0 Å². The molecule has 2 N–H and O–H groups in total. The van der Waals surface area contributed by atoms with Gasteiger partial charge in [-0.05, 0) is 45.0 Å². The van der Waals surface area contributed by atoms with E-state index < -0.39 is 0 Å². The average molecular weight is 209 g/mol. The summed E-state index contributed by atoms with van der Waals surface area (Å²) in [7, 11) is 0. The van der Waals surface area contributed by atoms with Crippen molar-refractivity contribution >= 4 is 17.2 Å². The minimum atomic E-state index is -0.176. The number of hydrogen-bond acceptors (Lipinski definition) is 2. The molecule has 0 saturated carbocycles. The fraction of sp³-hybridized carbons (Fsp3) is 0.364. The lowest BCUT2D eigenvalue weighted by molar-refractivity contribution is 0.131. The second-order valence-electron chi connectivity index (χ2n) is 4.10. The van der Waals surface area contributed by atoms with Crippen LogP contribution in [0.4, 0.5) is 0 Å². The van der Waals surface area contributed by atoms with E-state index in [1.807, 2.05) is 45.0 Å². The van der Waals surface area contributed by atoms with Crippen LogP contribution in [0.2, 0.25) is 0 Å². The summed E-state index contributed by atoms with van der Waals surface area (Å²) in [4.78, 5) is 0.410. The minimum Gasteiger partial charge on any atom is -0.488 e. The van der Waals surface area contributed by atoms with Crippen LogP contribution in [-0.4, -0.2) is 10.6 Å². The number of hydrogen-bond donors (Lipinski definition) is 1. The largest absolute Gasteiger partial charge is 0.488 e. The summed E-state index contributed by atoms with van der Waals surface area (Å²) in [5.41, 5.74) is 6.17. The first-order valence-corrected chi connectivity index (χ1v) is 4.88. The van der Waals surface area contributed by atoms with Crippen molar-refractivity contribution in [2.24, 2.45) is 5.73 Å². The Morgan fingerprint density at radius 2 is 1.71 bits per heavy atom. The van der Waals surface area contributed by atoms with Crippen LogP contribution in [0.25, 0.3) is 0 Å². The zero-order valence-corrected chi connectivity index (χ0v) is 9.52. The van der Waals surface area contributed by atoms with Gasteiger partial charge in [0, 0.05) is 5.56 Å². The van der Waals surface area contributed by atoms with E-state index in [-0.39, 0.29) is 5.60 Å². The monoisotopic (exact) mass is 209 g/mol. The van der Waals surface area contributed by atoms with Crippen molar-refractivity contribution in [1.29, 1.82) is 0 Å². The fourth-order valence-corrected chi connectivity index (χ4v) is 1.18. The molecule has 0 aliphatic rings. The predicted molar refractivity (Wildman–Crippen MR) is 62.7 cm³/mol. The van der Waals surface area contributed by atoms with Crippen LogP contribution in [-0.2, 0) is 0 Å². The molecule has 76 valence electrons. The molecule has 0 radical (unpaired) electrons. The molecule has 2 nitrogen and oxygen atoms in total. The van der Waals surface area contributed by atoms with E-state index in [1.54, 1.807) is 0 Å². The zero-order chi connectivity index (χ0) is 10.8. The molecular formula is C11H15NOS. The summed E-state index contributed by atoms with van der Waals surface area (Å²) in [6, 6.07) is 7.48. The Bertz CT molecular complexity index is 324. The number of benzene rings is 1. The molecule has 1 aromatic rings. The van der Waals surface area contributed by atoms with Crippen LogP contribution < -0.4 is 10.5 Å². The lowest BCUT2D eigenvalue weighted by Crippen LogP contribution is -2.22. The molecule has 0 atom stereocenters. The first-order valence-electron chi connectivity index (χ1n) is 4.47. The SMILES string of the molecule is CC(C)(C)Oc1ccc(C(N)=S)cc1. The summed E-state index contributed by atoms with van der Waals surface area (Å²) in [5.74, 6) is 0.831. The van der Waals surface area contributed by atoms with Gasteiger partial charge in [0.15, 0.2) is 0 Å². The van der Waals surface area contributed by atoms with Crippen molar-refractivity contribution in [3.05, 3.63) is 29.8 Å². The molecule has 0 aliphatic carbocycles. The number of ether oxygens (including phenoxy) is 1. The highest BCUT2D eigenvalue weighted by atomic mass is 32.1. The maximum absolute atomic E-state index is 5.65. The molecule has 0 spiro atoms. The topological polar surface area (TPSA) is 35.2 Å². The molecule has 0 amide bonds. The van der Waals surface area contributed by atoms with E-state index >= 15 is 0 Å². The highest BCUT2D eigenvalue weighted by Gasteiger charge is 2.11. The maximum atomic E-state index is 5.65. The highest BCUT2D eigenvalue weighted by molar-refractivity contribution is 7.80. The van der Waals surface area contributed by atoms with Gasteiger partial charge in [-0.2, -0.15) is 0 Å². The van der Waals surface area contributed by atoms with Gasteiger partial charge in [-0.1, -0.05) is 12.2 Å². The van der Waals surface area contributed by atoms with Crippen molar-refractivity contribution in [3.63, 3.8) is 0 Å². The van der Waals surface area contributed by atoms with Gasteiger partial charge in [0.1, 0.15) is 16.3 Å². The van der Waals surface area contributed by atoms with Crippen LogP contribution in [0.3, 0.4) is 0 Å². The van der Waals surface area contributed by atoms with E-state index in [4.69, 9.17) is 22.7 Å². The summed E-state index contributed by atoms with van der Waals surface area (Å²) in [6.07, 6.45) is 0. The summed E-state index contributed by atoms with van der Waals surface area (Å²) >= 11 is 4.85. The molecular weight excluding hydrogens is 194 g/mol. The quantitative estimate of drug-likeness (QED) is 0.760. The first kappa shape index (κ1) is 11.0. The van der Waals surface area contributed by atoms with Crippen LogP contribution in [0.5, 0.6) is 5.75 Å². The Kier molecular flexibility index (Phi) is 3.11. The second kappa shape index (κ2) is 3.96. The first-order chi connectivity index (χ1) is 6.38. The molecule has 0 saturated heterocycles. The zero-order valence-electron chi connectivity index (χ0n) is 8.70. The molecule has 0 aliphatic heterocycles. The van der Waals surface area contributed by atoms with Crippen molar-refractivity contribution in [3.8, 4) is 5.75 Å². The number of nitrogens with two attached hydrogens (primary N) is 1. The van der Waals surface area contributed by atoms with Crippen LogP contribution in [0, 0.1) is 0 Å². The van der Waals surface area contributed by atoms with Gasteiger partial charge < -0.3 is 10.5 Å². The van der Waals surface area contributed by atoms with Crippen molar-refractivity contribution < 1.29 is 4.74 Å². The average Bonchev–Trinajstić information content (AvgIpc) is 2.02. The van der Waals surface area contributed by atoms with Gasteiger partial charge in [-0.15, -0.1) is 0 Å².